The Hall–Kier alpha value is -1.60. The van der Waals surface area contributed by atoms with Crippen LogP contribution in [0, 0.1) is 0 Å². The zero-order chi connectivity index (χ0) is 12.3. The van der Waals surface area contributed by atoms with Crippen molar-refractivity contribution < 1.29 is 13.2 Å². The third-order valence-corrected chi connectivity index (χ3v) is 2.44. The van der Waals surface area contributed by atoms with Crippen molar-refractivity contribution in [2.75, 3.05) is 11.0 Å². The number of sulfonamides is 1. The summed E-state index contributed by atoms with van der Waals surface area (Å²) in [5.74, 6) is -0.920. The van der Waals surface area contributed by atoms with Crippen LogP contribution in [0.5, 0.6) is 0 Å². The molecule has 6 nitrogen and oxygen atoms in total. The van der Waals surface area contributed by atoms with Gasteiger partial charge in [-0.25, -0.2) is 8.42 Å². The maximum absolute atomic E-state index is 11.0. The lowest BCUT2D eigenvalue weighted by Crippen LogP contribution is -2.22. The highest BCUT2D eigenvalue weighted by Crippen LogP contribution is 2.16. The quantitative estimate of drug-likeness (QED) is 0.765. The number of carbonyl (C=O) groups is 1. The Labute approximate surface area is 93.7 Å². The monoisotopic (exact) mass is 242 g/mol. The average Bonchev–Trinajstić information content (AvgIpc) is 2.14. The summed E-state index contributed by atoms with van der Waals surface area (Å²) < 4.78 is 24.2. The van der Waals surface area contributed by atoms with E-state index in [4.69, 9.17) is 11.5 Å². The Bertz CT molecular complexity index is 498. The Morgan fingerprint density at radius 1 is 1.50 bits per heavy atom. The number of nitrogens with two attached hydrogens (primary N) is 1. The molecule has 0 aromatic heterocycles. The van der Waals surface area contributed by atoms with Gasteiger partial charge in [-0.3, -0.25) is 15.3 Å². The molecular weight excluding hydrogens is 230 g/mol. The first kappa shape index (κ1) is 12.5. The first-order chi connectivity index (χ1) is 7.29. The first-order valence-corrected chi connectivity index (χ1v) is 6.27. The third kappa shape index (κ3) is 3.52. The van der Waals surface area contributed by atoms with E-state index in [0.717, 1.165) is 6.26 Å². The lowest BCUT2D eigenvalue weighted by Gasteiger charge is -2.09. The fraction of sp³-hybridized carbons (Fsp3) is 0.222. The van der Waals surface area contributed by atoms with Crippen LogP contribution in [-0.2, 0) is 14.8 Å². The lowest BCUT2D eigenvalue weighted by molar-refractivity contribution is -0.120. The van der Waals surface area contributed by atoms with Gasteiger partial charge in [0.25, 0.3) is 5.91 Å². The van der Waals surface area contributed by atoms with Crippen LogP contribution >= 0.6 is 0 Å². The molecule has 1 amide bonds. The third-order valence-electron chi connectivity index (χ3n) is 1.83. The van der Waals surface area contributed by atoms with Crippen LogP contribution in [0.15, 0.2) is 24.3 Å². The molecule has 0 saturated carbocycles. The van der Waals surface area contributed by atoms with Gasteiger partial charge < -0.3 is 5.73 Å². The standard InChI is InChI=1S/C9H12N3O3S/c1-16(14,15)12-7-4-2-3-6(5-7)8(10)9(11)13/h2-5,8,11-12H,10H2,1H3/t8-/m1/s1. The summed E-state index contributed by atoms with van der Waals surface area (Å²) in [6.07, 6.45) is 1.02. The van der Waals surface area contributed by atoms with Crippen molar-refractivity contribution in [3.05, 3.63) is 29.8 Å². The largest absolute Gasteiger partial charge is 0.316 e. The van der Waals surface area contributed by atoms with Gasteiger partial charge in [-0.2, -0.15) is 0 Å². The zero-order valence-corrected chi connectivity index (χ0v) is 9.41. The van der Waals surface area contributed by atoms with Crippen LogP contribution < -0.4 is 16.2 Å². The summed E-state index contributed by atoms with van der Waals surface area (Å²) in [5.41, 5.74) is 13.0. The zero-order valence-electron chi connectivity index (χ0n) is 8.60. The highest BCUT2D eigenvalue weighted by Gasteiger charge is 2.13. The van der Waals surface area contributed by atoms with Crippen LogP contribution in [0.3, 0.4) is 0 Å². The molecule has 4 N–H and O–H groups in total. The molecule has 1 aromatic carbocycles. The van der Waals surface area contributed by atoms with Gasteiger partial charge in [0.15, 0.2) is 0 Å². The molecule has 0 saturated heterocycles. The van der Waals surface area contributed by atoms with Crippen LogP contribution in [-0.4, -0.2) is 20.6 Å². The highest BCUT2D eigenvalue weighted by molar-refractivity contribution is 7.92. The molecule has 0 aliphatic carbocycles. The van der Waals surface area contributed by atoms with E-state index in [1.165, 1.54) is 12.1 Å². The molecule has 1 atom stereocenters. The van der Waals surface area contributed by atoms with Crippen LogP contribution in [0.2, 0.25) is 0 Å². The van der Waals surface area contributed by atoms with Gasteiger partial charge in [0.2, 0.25) is 10.0 Å². The lowest BCUT2D eigenvalue weighted by atomic mass is 10.1. The molecule has 0 unspecified atom stereocenters. The fourth-order valence-electron chi connectivity index (χ4n) is 1.16. The van der Waals surface area contributed by atoms with Crippen LogP contribution in [0.1, 0.15) is 11.6 Å². The molecular formula is C9H12N3O3S. The van der Waals surface area contributed by atoms with E-state index in [1.807, 2.05) is 0 Å². The number of rotatable bonds is 4. The molecule has 87 valence electrons. The Morgan fingerprint density at radius 2 is 2.12 bits per heavy atom. The molecule has 0 heterocycles. The predicted molar refractivity (Wildman–Crippen MR) is 59.9 cm³/mol. The van der Waals surface area contributed by atoms with Crippen molar-refractivity contribution in [1.82, 2.24) is 5.73 Å². The summed E-state index contributed by atoms with van der Waals surface area (Å²) in [6.45, 7) is 0. The minimum absolute atomic E-state index is 0.316. The first-order valence-electron chi connectivity index (χ1n) is 4.38. The molecule has 16 heavy (non-hydrogen) atoms. The van der Waals surface area contributed by atoms with Gasteiger partial charge in [0.05, 0.1) is 6.26 Å². The Balaban J connectivity index is 3.00. The van der Waals surface area contributed by atoms with Crippen molar-refractivity contribution in [1.29, 1.82) is 0 Å². The maximum atomic E-state index is 11.0. The number of benzene rings is 1. The SMILES string of the molecule is CS(=O)(=O)Nc1cccc([C@@H](N)C([NH])=O)c1. The fourth-order valence-corrected chi connectivity index (χ4v) is 1.72. The minimum atomic E-state index is -3.36. The number of nitrogens with one attached hydrogen (secondary N) is 2. The van der Waals surface area contributed by atoms with Crippen molar-refractivity contribution >= 4 is 21.6 Å². The van der Waals surface area contributed by atoms with Crippen molar-refractivity contribution in [2.24, 2.45) is 5.73 Å². The van der Waals surface area contributed by atoms with Gasteiger partial charge in [0.1, 0.15) is 6.04 Å². The van der Waals surface area contributed by atoms with Crippen molar-refractivity contribution in [3.63, 3.8) is 0 Å². The topological polar surface area (TPSA) is 113 Å². The number of hydrogen-bond acceptors (Lipinski definition) is 4. The Morgan fingerprint density at radius 3 is 2.62 bits per heavy atom. The smallest absolute Gasteiger partial charge is 0.259 e. The Kier molecular flexibility index (Phi) is 3.51. The number of hydrogen-bond donors (Lipinski definition) is 2. The molecule has 0 fully saturated rings. The minimum Gasteiger partial charge on any atom is -0.316 e. The van der Waals surface area contributed by atoms with Gasteiger partial charge in [0, 0.05) is 5.69 Å². The number of carbonyl (C=O) groups excluding carboxylic acids is 1. The van der Waals surface area contributed by atoms with Crippen LogP contribution in [0.4, 0.5) is 5.69 Å². The van der Waals surface area contributed by atoms with E-state index in [1.54, 1.807) is 12.1 Å². The molecule has 0 bridgehead atoms. The van der Waals surface area contributed by atoms with Crippen molar-refractivity contribution in [3.8, 4) is 0 Å². The van der Waals surface area contributed by atoms with Gasteiger partial charge >= 0.3 is 0 Å². The van der Waals surface area contributed by atoms with Gasteiger partial charge in [-0.05, 0) is 17.7 Å². The predicted octanol–water partition coefficient (Wildman–Crippen LogP) is -0.133. The second-order valence-corrected chi connectivity index (χ2v) is 5.09. The summed E-state index contributed by atoms with van der Waals surface area (Å²) in [7, 11) is -3.36. The number of amides is 1. The molecule has 0 aliphatic rings. The second kappa shape index (κ2) is 4.50. The number of anilines is 1. The van der Waals surface area contributed by atoms with Crippen LogP contribution in [0.25, 0.3) is 0 Å². The average molecular weight is 242 g/mol. The van der Waals surface area contributed by atoms with E-state index < -0.39 is 22.0 Å². The normalized spacial score (nSPS) is 13.1. The molecule has 7 heteroatoms. The van der Waals surface area contributed by atoms with Gasteiger partial charge in [-0.1, -0.05) is 12.1 Å². The second-order valence-electron chi connectivity index (χ2n) is 3.34. The molecule has 1 aromatic rings. The molecule has 0 aliphatic heterocycles. The summed E-state index contributed by atoms with van der Waals surface area (Å²) in [5, 5.41) is 0. The summed E-state index contributed by atoms with van der Waals surface area (Å²) in [4.78, 5) is 10.7. The van der Waals surface area contributed by atoms with E-state index in [9.17, 15) is 13.2 Å². The van der Waals surface area contributed by atoms with E-state index >= 15 is 0 Å². The maximum Gasteiger partial charge on any atom is 0.259 e. The van der Waals surface area contributed by atoms with Gasteiger partial charge in [-0.15, -0.1) is 0 Å². The van der Waals surface area contributed by atoms with E-state index in [2.05, 4.69) is 4.72 Å². The molecule has 1 radical (unpaired) electrons. The van der Waals surface area contributed by atoms with E-state index in [0.29, 0.717) is 11.3 Å². The van der Waals surface area contributed by atoms with Crippen molar-refractivity contribution in [2.45, 2.75) is 6.04 Å². The molecule has 1 rings (SSSR count). The summed E-state index contributed by atoms with van der Waals surface area (Å²) >= 11 is 0. The molecule has 0 spiro atoms. The summed E-state index contributed by atoms with van der Waals surface area (Å²) in [6, 6.07) is 5.03. The van der Waals surface area contributed by atoms with E-state index in [-0.39, 0.29) is 0 Å². The highest BCUT2D eigenvalue weighted by atomic mass is 32.2.